The van der Waals surface area contributed by atoms with Crippen LogP contribution >= 0.6 is 11.6 Å². The number of rotatable bonds is 7. The van der Waals surface area contributed by atoms with Crippen LogP contribution in [0.4, 0.5) is 0 Å². The quantitative estimate of drug-likeness (QED) is 0.767. The summed E-state index contributed by atoms with van der Waals surface area (Å²) in [5, 5.41) is 3.17. The van der Waals surface area contributed by atoms with Crippen molar-refractivity contribution in [1.82, 2.24) is 10.2 Å². The van der Waals surface area contributed by atoms with E-state index in [0.29, 0.717) is 23.7 Å². The number of halogens is 1. The Labute approximate surface area is 140 Å². The van der Waals surface area contributed by atoms with Gasteiger partial charge >= 0.3 is 5.97 Å². The molecule has 0 spiro atoms. The molecule has 0 saturated carbocycles. The molecule has 1 unspecified atom stereocenters. The van der Waals surface area contributed by atoms with E-state index in [-0.39, 0.29) is 18.4 Å². The van der Waals surface area contributed by atoms with Gasteiger partial charge in [0.15, 0.2) is 0 Å². The van der Waals surface area contributed by atoms with Crippen LogP contribution in [0, 0.1) is 5.92 Å². The molecule has 0 bridgehead atoms. The Balaban J connectivity index is 2.83. The molecule has 0 fully saturated rings. The molecule has 0 radical (unpaired) electrons. The number of carbonyl (C=O) groups is 3. The Morgan fingerprint density at radius 2 is 1.87 bits per heavy atom. The van der Waals surface area contributed by atoms with E-state index in [0.717, 1.165) is 0 Å². The second-order valence-corrected chi connectivity index (χ2v) is 5.60. The molecule has 0 aliphatic heterocycles. The van der Waals surface area contributed by atoms with Crippen molar-refractivity contribution in [2.75, 3.05) is 26.7 Å². The summed E-state index contributed by atoms with van der Waals surface area (Å²) >= 11 is 5.83. The van der Waals surface area contributed by atoms with Crippen LogP contribution in [0.3, 0.4) is 0 Å². The fourth-order valence-electron chi connectivity index (χ4n) is 2.02. The molecule has 126 valence electrons. The third kappa shape index (κ3) is 6.28. The van der Waals surface area contributed by atoms with Gasteiger partial charge in [0.05, 0.1) is 13.0 Å². The van der Waals surface area contributed by atoms with Crippen molar-refractivity contribution in [2.45, 2.75) is 13.8 Å². The van der Waals surface area contributed by atoms with Crippen molar-refractivity contribution < 1.29 is 19.1 Å². The topological polar surface area (TPSA) is 75.7 Å². The SMILES string of the molecule is COC(=O)C(C)CN(CCNC(C)=O)C(=O)c1ccc(Cl)cc1. The number of carbonyl (C=O) groups excluding carboxylic acids is 3. The third-order valence-corrected chi connectivity index (χ3v) is 3.48. The highest BCUT2D eigenvalue weighted by molar-refractivity contribution is 6.30. The number of hydrogen-bond acceptors (Lipinski definition) is 4. The molecule has 6 nitrogen and oxygen atoms in total. The highest BCUT2D eigenvalue weighted by Crippen LogP contribution is 2.13. The molecule has 2 amide bonds. The van der Waals surface area contributed by atoms with Gasteiger partial charge in [0, 0.05) is 37.1 Å². The van der Waals surface area contributed by atoms with Gasteiger partial charge in [0.2, 0.25) is 5.91 Å². The van der Waals surface area contributed by atoms with Crippen molar-refractivity contribution in [3.63, 3.8) is 0 Å². The van der Waals surface area contributed by atoms with E-state index >= 15 is 0 Å². The molecule has 0 saturated heterocycles. The predicted molar refractivity (Wildman–Crippen MR) is 87.2 cm³/mol. The Hall–Kier alpha value is -2.08. The van der Waals surface area contributed by atoms with Crippen LogP contribution in [0.15, 0.2) is 24.3 Å². The van der Waals surface area contributed by atoms with E-state index in [2.05, 4.69) is 5.32 Å². The average molecular weight is 341 g/mol. The van der Waals surface area contributed by atoms with Crippen LogP contribution in [-0.2, 0) is 14.3 Å². The van der Waals surface area contributed by atoms with Crippen LogP contribution < -0.4 is 5.32 Å². The summed E-state index contributed by atoms with van der Waals surface area (Å²) in [5.41, 5.74) is 0.467. The van der Waals surface area contributed by atoms with Gasteiger partial charge in [0.25, 0.3) is 5.91 Å². The molecule has 0 aliphatic carbocycles. The zero-order valence-electron chi connectivity index (χ0n) is 13.5. The van der Waals surface area contributed by atoms with Gasteiger partial charge in [0.1, 0.15) is 0 Å². The van der Waals surface area contributed by atoms with Crippen LogP contribution in [0.2, 0.25) is 5.02 Å². The molecule has 23 heavy (non-hydrogen) atoms. The maximum Gasteiger partial charge on any atom is 0.310 e. The van der Waals surface area contributed by atoms with Crippen molar-refractivity contribution in [1.29, 1.82) is 0 Å². The van der Waals surface area contributed by atoms with E-state index in [1.807, 2.05) is 0 Å². The smallest absolute Gasteiger partial charge is 0.310 e. The number of hydrogen-bond donors (Lipinski definition) is 1. The summed E-state index contributed by atoms with van der Waals surface area (Å²) in [5.74, 6) is -1.26. The molecular weight excluding hydrogens is 320 g/mol. The molecule has 0 aromatic heterocycles. The molecular formula is C16H21ClN2O4. The fourth-order valence-corrected chi connectivity index (χ4v) is 2.15. The van der Waals surface area contributed by atoms with Crippen molar-refractivity contribution >= 4 is 29.4 Å². The molecule has 1 atom stereocenters. The molecule has 7 heteroatoms. The summed E-state index contributed by atoms with van der Waals surface area (Å²) in [6, 6.07) is 6.51. The third-order valence-electron chi connectivity index (χ3n) is 3.23. The Morgan fingerprint density at radius 1 is 1.26 bits per heavy atom. The number of benzene rings is 1. The highest BCUT2D eigenvalue weighted by atomic mass is 35.5. The van der Waals surface area contributed by atoms with Crippen LogP contribution in [-0.4, -0.2) is 49.4 Å². The normalized spacial score (nSPS) is 11.5. The molecule has 1 aromatic carbocycles. The number of methoxy groups -OCH3 is 1. The van der Waals surface area contributed by atoms with Crippen molar-refractivity contribution in [3.8, 4) is 0 Å². The van der Waals surface area contributed by atoms with E-state index in [9.17, 15) is 14.4 Å². The molecule has 0 heterocycles. The van der Waals surface area contributed by atoms with Gasteiger partial charge in [-0.1, -0.05) is 18.5 Å². The number of amides is 2. The van der Waals surface area contributed by atoms with Gasteiger partial charge in [-0.25, -0.2) is 0 Å². The van der Waals surface area contributed by atoms with Crippen molar-refractivity contribution in [3.05, 3.63) is 34.9 Å². The fraction of sp³-hybridized carbons (Fsp3) is 0.438. The van der Waals surface area contributed by atoms with Gasteiger partial charge in [-0.15, -0.1) is 0 Å². The van der Waals surface area contributed by atoms with E-state index in [4.69, 9.17) is 16.3 Å². The monoisotopic (exact) mass is 340 g/mol. The zero-order chi connectivity index (χ0) is 17.4. The molecule has 0 aliphatic rings. The lowest BCUT2D eigenvalue weighted by atomic mass is 10.1. The number of nitrogens with zero attached hydrogens (tertiary/aromatic N) is 1. The van der Waals surface area contributed by atoms with Gasteiger partial charge < -0.3 is 15.0 Å². The minimum atomic E-state index is -0.464. The minimum absolute atomic E-state index is 0.176. The first-order valence-electron chi connectivity index (χ1n) is 7.22. The molecule has 1 rings (SSSR count). The largest absolute Gasteiger partial charge is 0.469 e. The van der Waals surface area contributed by atoms with Gasteiger partial charge in [-0.3, -0.25) is 14.4 Å². The van der Waals surface area contributed by atoms with Crippen LogP contribution in [0.25, 0.3) is 0 Å². The maximum absolute atomic E-state index is 12.6. The lowest BCUT2D eigenvalue weighted by Gasteiger charge is -2.25. The molecule has 1 N–H and O–H groups in total. The second kappa shape index (κ2) is 9.15. The Bertz CT molecular complexity index is 560. The Kier molecular flexibility index (Phi) is 7.54. The number of esters is 1. The summed E-state index contributed by atoms with van der Waals surface area (Å²) in [4.78, 5) is 36.7. The summed E-state index contributed by atoms with van der Waals surface area (Å²) < 4.78 is 4.69. The van der Waals surface area contributed by atoms with Crippen molar-refractivity contribution in [2.24, 2.45) is 5.92 Å². The first-order valence-corrected chi connectivity index (χ1v) is 7.60. The number of nitrogens with one attached hydrogen (secondary N) is 1. The average Bonchev–Trinajstić information content (AvgIpc) is 2.52. The lowest BCUT2D eigenvalue weighted by molar-refractivity contribution is -0.145. The summed E-state index contributed by atoms with van der Waals surface area (Å²) in [7, 11) is 1.31. The minimum Gasteiger partial charge on any atom is -0.469 e. The first-order chi connectivity index (χ1) is 10.8. The lowest BCUT2D eigenvalue weighted by Crippen LogP contribution is -2.41. The number of ether oxygens (including phenoxy) is 1. The van der Waals surface area contributed by atoms with E-state index < -0.39 is 11.9 Å². The van der Waals surface area contributed by atoms with Gasteiger partial charge in [-0.2, -0.15) is 0 Å². The molecule has 1 aromatic rings. The predicted octanol–water partition coefficient (Wildman–Crippen LogP) is 1.73. The highest BCUT2D eigenvalue weighted by Gasteiger charge is 2.22. The maximum atomic E-state index is 12.6. The first kappa shape index (κ1) is 19.0. The van der Waals surface area contributed by atoms with Gasteiger partial charge in [-0.05, 0) is 24.3 Å². The summed E-state index contributed by atoms with van der Waals surface area (Å²) in [6.07, 6.45) is 0. The zero-order valence-corrected chi connectivity index (χ0v) is 14.2. The van der Waals surface area contributed by atoms with E-state index in [1.54, 1.807) is 31.2 Å². The van der Waals surface area contributed by atoms with Crippen LogP contribution in [0.5, 0.6) is 0 Å². The van der Waals surface area contributed by atoms with E-state index in [1.165, 1.54) is 18.9 Å². The van der Waals surface area contributed by atoms with Crippen LogP contribution in [0.1, 0.15) is 24.2 Å². The Morgan fingerprint density at radius 3 is 2.39 bits per heavy atom. The second-order valence-electron chi connectivity index (χ2n) is 5.17. The standard InChI is InChI=1S/C16H21ClN2O4/c1-11(16(22)23-3)10-19(9-8-18-12(2)20)15(21)13-4-6-14(17)7-5-13/h4-7,11H,8-10H2,1-3H3,(H,18,20). The summed E-state index contributed by atoms with van der Waals surface area (Å²) in [6.45, 7) is 3.90.